The van der Waals surface area contributed by atoms with E-state index in [2.05, 4.69) is 61.4 Å². The van der Waals surface area contributed by atoms with Gasteiger partial charge in [-0.2, -0.15) is 0 Å². The second-order valence-corrected chi connectivity index (χ2v) is 8.25. The van der Waals surface area contributed by atoms with E-state index in [0.29, 0.717) is 6.04 Å². The van der Waals surface area contributed by atoms with Crippen molar-refractivity contribution in [1.82, 2.24) is 4.90 Å². The van der Waals surface area contributed by atoms with E-state index in [0.717, 1.165) is 35.7 Å². The molecule has 1 saturated heterocycles. The van der Waals surface area contributed by atoms with Crippen LogP contribution in [0.15, 0.2) is 48.5 Å². The molecular weight excluding hydrogens is 386 g/mol. The summed E-state index contributed by atoms with van der Waals surface area (Å²) >= 11 is 0. The second-order valence-electron chi connectivity index (χ2n) is 8.25. The maximum absolute atomic E-state index is 6.03. The highest BCUT2D eigenvalue weighted by Crippen LogP contribution is 2.36. The first kappa shape index (κ1) is 23.4. The van der Waals surface area contributed by atoms with E-state index in [9.17, 15) is 0 Å². The van der Waals surface area contributed by atoms with Gasteiger partial charge in [0.1, 0.15) is 11.5 Å². The Morgan fingerprint density at radius 1 is 1.03 bits per heavy atom. The molecule has 1 heterocycles. The summed E-state index contributed by atoms with van der Waals surface area (Å²) in [7, 11) is 3.86. The summed E-state index contributed by atoms with van der Waals surface area (Å²) < 4.78 is 17.1. The quantitative estimate of drug-likeness (QED) is 0.309. The molecule has 1 aliphatic rings. The van der Waals surface area contributed by atoms with Crippen LogP contribution in [0.5, 0.6) is 11.5 Å². The molecule has 0 aromatic heterocycles. The lowest BCUT2D eigenvalue weighted by Crippen LogP contribution is -2.34. The number of hydrogen-bond acceptors (Lipinski definition) is 4. The molecule has 1 aliphatic heterocycles. The minimum Gasteiger partial charge on any atom is -0.494 e. The van der Waals surface area contributed by atoms with Crippen LogP contribution >= 0.6 is 0 Å². The van der Waals surface area contributed by atoms with Gasteiger partial charge in [0.05, 0.1) is 6.61 Å². The lowest BCUT2D eigenvalue weighted by Gasteiger charge is -2.30. The molecule has 1 unspecified atom stereocenters. The number of piperidine rings is 1. The topological polar surface area (TPSA) is 30.9 Å². The summed E-state index contributed by atoms with van der Waals surface area (Å²) in [4.78, 5) is 2.44. The molecule has 31 heavy (non-hydrogen) atoms. The van der Waals surface area contributed by atoms with Gasteiger partial charge >= 0.3 is 0 Å². The molecule has 2 aromatic rings. The normalized spacial score (nSPS) is 17.2. The molecule has 2 aromatic carbocycles. The Labute approximate surface area is 187 Å². The minimum atomic E-state index is 0.217. The molecule has 0 N–H and O–H groups in total. The van der Waals surface area contributed by atoms with Gasteiger partial charge < -0.3 is 14.2 Å². The average molecular weight is 424 g/mol. The van der Waals surface area contributed by atoms with Crippen LogP contribution in [-0.4, -0.2) is 45.0 Å². The van der Waals surface area contributed by atoms with Crippen molar-refractivity contribution in [2.24, 2.45) is 0 Å². The molecule has 0 spiro atoms. The smallest absolute Gasteiger partial charge is 0.188 e. The lowest BCUT2D eigenvalue weighted by atomic mass is 9.96. The molecule has 0 saturated carbocycles. The molecule has 4 heteroatoms. The highest BCUT2D eigenvalue weighted by molar-refractivity contribution is 5.80. The third-order valence-corrected chi connectivity index (χ3v) is 5.88. The summed E-state index contributed by atoms with van der Waals surface area (Å²) in [5, 5.41) is 0. The Kier molecular flexibility index (Phi) is 9.44. The lowest BCUT2D eigenvalue weighted by molar-refractivity contribution is 0.0515. The van der Waals surface area contributed by atoms with Crippen LogP contribution in [0.1, 0.15) is 51.0 Å². The van der Waals surface area contributed by atoms with Gasteiger partial charge in [0.25, 0.3) is 0 Å². The van der Waals surface area contributed by atoms with Crippen molar-refractivity contribution in [1.29, 1.82) is 0 Å². The van der Waals surface area contributed by atoms with Gasteiger partial charge in [0.15, 0.2) is 6.79 Å². The van der Waals surface area contributed by atoms with Crippen LogP contribution < -0.4 is 9.47 Å². The predicted octanol–water partition coefficient (Wildman–Crippen LogP) is 6.40. The van der Waals surface area contributed by atoms with Crippen LogP contribution in [0.2, 0.25) is 0 Å². The predicted molar refractivity (Wildman–Crippen MR) is 129 cm³/mol. The number of nitrogens with zero attached hydrogens (tertiary/aromatic N) is 1. The number of likely N-dealkylation sites (N-methyl/N-ethyl adjacent to an activating group) is 1. The van der Waals surface area contributed by atoms with Crippen molar-refractivity contribution >= 4 is 6.08 Å². The van der Waals surface area contributed by atoms with Crippen molar-refractivity contribution < 1.29 is 14.2 Å². The number of likely N-dealkylation sites (tertiary alicyclic amines) is 1. The van der Waals surface area contributed by atoms with Crippen LogP contribution in [0.25, 0.3) is 17.2 Å². The molecule has 168 valence electrons. The van der Waals surface area contributed by atoms with Gasteiger partial charge in [-0.1, -0.05) is 62.6 Å². The van der Waals surface area contributed by atoms with Crippen LogP contribution in [0.3, 0.4) is 0 Å². The first-order valence-corrected chi connectivity index (χ1v) is 11.6. The number of benzene rings is 2. The standard InChI is InChI=1S/C27H37NO3/c1-4-5-10-19-30-24-16-17-27(31-21-29-3)26(20-24)25-13-7-6-11-22(25)14-15-23-12-8-9-18-28(23)2/h6-7,11,13-17,20,23H,4-5,8-10,12,18-19,21H2,1-3H3. The number of unbranched alkanes of at least 4 members (excludes halogenated alkanes) is 2. The van der Waals surface area contributed by atoms with E-state index in [4.69, 9.17) is 14.2 Å². The largest absolute Gasteiger partial charge is 0.494 e. The average Bonchev–Trinajstić information content (AvgIpc) is 2.80. The van der Waals surface area contributed by atoms with Crippen molar-refractivity contribution in [3.8, 4) is 22.6 Å². The monoisotopic (exact) mass is 423 g/mol. The molecule has 1 fully saturated rings. The Morgan fingerprint density at radius 2 is 1.90 bits per heavy atom. The zero-order chi connectivity index (χ0) is 21.9. The third-order valence-electron chi connectivity index (χ3n) is 5.88. The summed E-state index contributed by atoms with van der Waals surface area (Å²) in [5.41, 5.74) is 3.36. The molecule has 0 radical (unpaired) electrons. The third kappa shape index (κ3) is 6.84. The highest BCUT2D eigenvalue weighted by Gasteiger charge is 2.16. The maximum atomic E-state index is 6.03. The number of methoxy groups -OCH3 is 1. The molecule has 3 rings (SSSR count). The number of ether oxygens (including phenoxy) is 3. The second kappa shape index (κ2) is 12.5. The summed E-state index contributed by atoms with van der Waals surface area (Å²) in [6.45, 7) is 4.33. The van der Waals surface area contributed by atoms with Crippen molar-refractivity contribution in [2.45, 2.75) is 51.5 Å². The van der Waals surface area contributed by atoms with Crippen molar-refractivity contribution in [3.63, 3.8) is 0 Å². The summed E-state index contributed by atoms with van der Waals surface area (Å²) in [6, 6.07) is 15.1. The van der Waals surface area contributed by atoms with E-state index >= 15 is 0 Å². The summed E-state index contributed by atoms with van der Waals surface area (Å²) in [6.07, 6.45) is 11.9. The van der Waals surface area contributed by atoms with E-state index in [1.54, 1.807) is 7.11 Å². The van der Waals surface area contributed by atoms with E-state index < -0.39 is 0 Å². The zero-order valence-corrected chi connectivity index (χ0v) is 19.3. The van der Waals surface area contributed by atoms with Gasteiger partial charge in [-0.25, -0.2) is 0 Å². The van der Waals surface area contributed by atoms with E-state index in [1.165, 1.54) is 44.2 Å². The summed E-state index contributed by atoms with van der Waals surface area (Å²) in [5.74, 6) is 1.68. The first-order valence-electron chi connectivity index (χ1n) is 11.6. The molecule has 0 bridgehead atoms. The van der Waals surface area contributed by atoms with Gasteiger partial charge in [0.2, 0.25) is 0 Å². The Balaban J connectivity index is 1.88. The fourth-order valence-corrected chi connectivity index (χ4v) is 4.05. The minimum absolute atomic E-state index is 0.217. The van der Waals surface area contributed by atoms with Crippen LogP contribution in [-0.2, 0) is 4.74 Å². The molecule has 4 nitrogen and oxygen atoms in total. The van der Waals surface area contributed by atoms with Gasteiger partial charge in [0, 0.05) is 18.7 Å². The Bertz CT molecular complexity index is 833. The van der Waals surface area contributed by atoms with E-state index in [-0.39, 0.29) is 6.79 Å². The van der Waals surface area contributed by atoms with Crippen LogP contribution in [0, 0.1) is 0 Å². The van der Waals surface area contributed by atoms with Gasteiger partial charge in [-0.3, -0.25) is 4.90 Å². The Morgan fingerprint density at radius 3 is 2.71 bits per heavy atom. The number of hydrogen-bond donors (Lipinski definition) is 0. The Hall–Kier alpha value is -2.30. The van der Waals surface area contributed by atoms with E-state index in [1.807, 2.05) is 12.1 Å². The highest BCUT2D eigenvalue weighted by atomic mass is 16.7. The fourth-order valence-electron chi connectivity index (χ4n) is 4.05. The van der Waals surface area contributed by atoms with Crippen molar-refractivity contribution in [2.75, 3.05) is 34.1 Å². The van der Waals surface area contributed by atoms with Crippen molar-refractivity contribution in [3.05, 3.63) is 54.1 Å². The molecule has 0 aliphatic carbocycles. The molecular formula is C27H37NO3. The first-order chi connectivity index (χ1) is 15.2. The SMILES string of the molecule is CCCCCOc1ccc(OCOC)c(-c2ccccc2C=CC2CCCCN2C)c1. The fraction of sp³-hybridized carbons (Fsp3) is 0.481. The zero-order valence-electron chi connectivity index (χ0n) is 19.3. The van der Waals surface area contributed by atoms with Gasteiger partial charge in [-0.15, -0.1) is 0 Å². The molecule has 1 atom stereocenters. The van der Waals surface area contributed by atoms with Gasteiger partial charge in [-0.05, 0) is 62.2 Å². The number of rotatable bonds is 11. The maximum Gasteiger partial charge on any atom is 0.188 e. The molecule has 0 amide bonds. The van der Waals surface area contributed by atoms with Crippen LogP contribution in [0.4, 0.5) is 0 Å².